The van der Waals surface area contributed by atoms with E-state index >= 15 is 0 Å². The van der Waals surface area contributed by atoms with Gasteiger partial charge in [0.1, 0.15) is 11.3 Å². The SMILES string of the molecule is CCc1cccc(N(c2cccc(-c3cccc(-c4ccccc4CC)c3)c2O)c2cc(C3CCCC3)c3ccc4c(N(c5cccc(CC)c5)c5cccc6c5oc5c(-c7ccccc7CC)cccc56)cc(C5CCCC5)c5ccc2c3c54)c1. The van der Waals surface area contributed by atoms with Crippen LogP contribution in [0.1, 0.15) is 124 Å². The number of aryl methyl sites for hydroxylation is 4. The van der Waals surface area contributed by atoms with Crippen LogP contribution in [0.25, 0.3) is 87.6 Å². The second kappa shape index (κ2) is 22.4. The molecule has 0 amide bonds. The Hall–Kier alpha value is -9.12. The minimum Gasteiger partial charge on any atom is -0.505 e. The van der Waals surface area contributed by atoms with Crippen LogP contribution in [0.4, 0.5) is 34.1 Å². The zero-order valence-corrected chi connectivity index (χ0v) is 50.1. The molecule has 13 aromatic rings. The van der Waals surface area contributed by atoms with Gasteiger partial charge in [0.2, 0.25) is 0 Å². The molecule has 2 saturated carbocycles. The second-order valence-corrected chi connectivity index (χ2v) is 24.4. The third-order valence-electron chi connectivity index (χ3n) is 19.7. The van der Waals surface area contributed by atoms with E-state index in [0.29, 0.717) is 11.8 Å². The summed E-state index contributed by atoms with van der Waals surface area (Å²) in [6.45, 7) is 8.96. The number of para-hydroxylation sites is 3. The summed E-state index contributed by atoms with van der Waals surface area (Å²) in [5.74, 6) is 1.08. The fourth-order valence-corrected chi connectivity index (χ4v) is 15.4. The molecule has 0 aliphatic heterocycles. The van der Waals surface area contributed by atoms with Crippen LogP contribution in [0.5, 0.6) is 5.75 Å². The number of aromatic hydroxyl groups is 1. The number of hydrogen-bond donors (Lipinski definition) is 1. The highest BCUT2D eigenvalue weighted by atomic mass is 16.3. The van der Waals surface area contributed by atoms with Crippen LogP contribution < -0.4 is 9.80 Å². The summed E-state index contributed by atoms with van der Waals surface area (Å²) >= 11 is 0. The molecule has 1 heterocycles. The molecule has 1 N–H and O–H groups in total. The van der Waals surface area contributed by atoms with Crippen molar-refractivity contribution in [3.05, 3.63) is 246 Å². The Bertz CT molecular complexity index is 4700. The van der Waals surface area contributed by atoms with E-state index in [1.165, 1.54) is 121 Å². The van der Waals surface area contributed by atoms with Gasteiger partial charge < -0.3 is 19.3 Å². The first-order chi connectivity index (χ1) is 42.4. The summed E-state index contributed by atoms with van der Waals surface area (Å²) in [5.41, 5.74) is 22.5. The summed E-state index contributed by atoms with van der Waals surface area (Å²) in [7, 11) is 0. The van der Waals surface area contributed by atoms with Crippen LogP contribution in [-0.2, 0) is 25.7 Å². The van der Waals surface area contributed by atoms with Gasteiger partial charge in [-0.2, -0.15) is 0 Å². The third kappa shape index (κ3) is 9.02. The summed E-state index contributed by atoms with van der Waals surface area (Å²) in [6, 6.07) is 79.2. The van der Waals surface area contributed by atoms with Crippen molar-refractivity contribution in [3.63, 3.8) is 0 Å². The molecule has 0 saturated heterocycles. The molecular weight excluding hydrogens is 1040 g/mol. The fourth-order valence-electron chi connectivity index (χ4n) is 15.4. The lowest BCUT2D eigenvalue weighted by molar-refractivity contribution is 0.478. The van der Waals surface area contributed by atoms with Gasteiger partial charge in [-0.15, -0.1) is 0 Å². The number of fused-ring (bicyclic) bond motifs is 3. The molecule has 86 heavy (non-hydrogen) atoms. The van der Waals surface area contributed by atoms with E-state index < -0.39 is 0 Å². The minimum absolute atomic E-state index is 0.264. The van der Waals surface area contributed by atoms with E-state index in [1.807, 2.05) is 0 Å². The molecule has 0 atom stereocenters. The van der Waals surface area contributed by atoms with Gasteiger partial charge in [-0.25, -0.2) is 0 Å². The maximum absolute atomic E-state index is 13.2. The molecule has 2 aliphatic carbocycles. The summed E-state index contributed by atoms with van der Waals surface area (Å²) in [6.07, 6.45) is 13.2. The van der Waals surface area contributed by atoms with Crippen molar-refractivity contribution in [1.29, 1.82) is 0 Å². The van der Waals surface area contributed by atoms with Crippen LogP contribution in [0.3, 0.4) is 0 Å². The number of nitrogens with zero attached hydrogens (tertiary/aromatic N) is 2. The molecule has 2 aliphatic rings. The second-order valence-electron chi connectivity index (χ2n) is 24.4. The quantitative estimate of drug-likeness (QED) is 0.104. The van der Waals surface area contributed by atoms with Crippen LogP contribution in [0.2, 0.25) is 0 Å². The minimum atomic E-state index is 0.264. The van der Waals surface area contributed by atoms with E-state index in [9.17, 15) is 5.11 Å². The van der Waals surface area contributed by atoms with Gasteiger partial charge in [0.05, 0.1) is 22.7 Å². The largest absolute Gasteiger partial charge is 0.505 e. The van der Waals surface area contributed by atoms with E-state index in [0.717, 1.165) is 111 Å². The Kier molecular flexibility index (Phi) is 13.9. The maximum atomic E-state index is 13.2. The van der Waals surface area contributed by atoms with Crippen LogP contribution >= 0.6 is 0 Å². The smallest absolute Gasteiger partial charge is 0.159 e. The zero-order valence-electron chi connectivity index (χ0n) is 50.1. The first kappa shape index (κ1) is 53.6. The predicted octanol–water partition coefficient (Wildman–Crippen LogP) is 23.7. The van der Waals surface area contributed by atoms with Gasteiger partial charge >= 0.3 is 0 Å². The lowest BCUT2D eigenvalue weighted by Crippen LogP contribution is -2.14. The molecule has 15 rings (SSSR count). The Morgan fingerprint density at radius 1 is 0.360 bits per heavy atom. The van der Waals surface area contributed by atoms with Crippen molar-refractivity contribution in [2.45, 2.75) is 117 Å². The van der Waals surface area contributed by atoms with E-state index in [-0.39, 0.29) is 5.75 Å². The van der Waals surface area contributed by atoms with Gasteiger partial charge in [0.15, 0.2) is 5.58 Å². The molecule has 0 unspecified atom stereocenters. The topological polar surface area (TPSA) is 39.9 Å². The number of hydrogen-bond acceptors (Lipinski definition) is 4. The Labute approximate surface area is 506 Å². The first-order valence-electron chi connectivity index (χ1n) is 32.0. The Balaban J connectivity index is 1.02. The summed E-state index contributed by atoms with van der Waals surface area (Å²) < 4.78 is 7.43. The van der Waals surface area contributed by atoms with E-state index in [1.54, 1.807) is 0 Å². The van der Waals surface area contributed by atoms with Crippen LogP contribution in [0.15, 0.2) is 217 Å². The van der Waals surface area contributed by atoms with Crippen molar-refractivity contribution in [2.75, 3.05) is 9.80 Å². The Morgan fingerprint density at radius 2 is 0.814 bits per heavy atom. The van der Waals surface area contributed by atoms with Crippen molar-refractivity contribution in [2.24, 2.45) is 0 Å². The molecule has 0 bridgehead atoms. The van der Waals surface area contributed by atoms with Crippen LogP contribution in [-0.4, -0.2) is 5.11 Å². The number of phenols is 1. The number of furan rings is 1. The van der Waals surface area contributed by atoms with Gasteiger partial charge in [0.25, 0.3) is 0 Å². The lowest BCUT2D eigenvalue weighted by Gasteiger charge is -2.32. The third-order valence-corrected chi connectivity index (χ3v) is 19.7. The summed E-state index contributed by atoms with van der Waals surface area (Å²) in [4.78, 5) is 4.95. The normalized spacial score (nSPS) is 14.0. The Morgan fingerprint density at radius 3 is 1.41 bits per heavy atom. The van der Waals surface area contributed by atoms with E-state index in [4.69, 9.17) is 4.42 Å². The summed E-state index contributed by atoms with van der Waals surface area (Å²) in [5, 5.41) is 23.2. The highest BCUT2D eigenvalue weighted by Crippen LogP contribution is 2.56. The predicted molar refractivity (Wildman–Crippen MR) is 365 cm³/mol. The van der Waals surface area contributed by atoms with Crippen molar-refractivity contribution in [3.8, 4) is 39.1 Å². The number of benzene rings is 12. The molecule has 2 fully saturated rings. The van der Waals surface area contributed by atoms with Gasteiger partial charge in [-0.3, -0.25) is 0 Å². The fraction of sp³-hybridized carbons (Fsp3) is 0.220. The molecule has 1 aromatic heterocycles. The zero-order chi connectivity index (χ0) is 58.0. The van der Waals surface area contributed by atoms with Gasteiger partial charge in [-0.05, 0) is 195 Å². The van der Waals surface area contributed by atoms with Crippen molar-refractivity contribution >= 4 is 88.4 Å². The molecular formula is C82H74N2O2. The average Bonchev–Trinajstić information content (AvgIpc) is 1.17. The molecule has 12 aromatic carbocycles. The number of anilines is 6. The van der Waals surface area contributed by atoms with Gasteiger partial charge in [-0.1, -0.05) is 211 Å². The number of phenolic OH excluding ortho intramolecular Hbond substituents is 1. The standard InChI is InChI=1S/C82H74N2O2/c1-5-52-23-17-33-60(47-52)83(74-41-21-37-64(80(74)85)59-32-19-31-58(49-59)62-35-15-13-25-54(62)7-3)76-50-72(56-27-9-10-28-56)65-44-46-71-77(51-73(57-29-11-12-30-57)66-43-45-70(76)78(65)79(66)71)84(61-34-18-24-53(6-2)48-61)75-42-22-40-69-68-39-20-38-67(81(68)86-82(69)75)63-36-16-14-26-55(63)8-4/h13-26,31-51,56-57,85H,5-12,27-30H2,1-4H3. The molecule has 0 radical (unpaired) electrons. The molecule has 424 valence electrons. The molecule has 0 spiro atoms. The lowest BCUT2D eigenvalue weighted by atomic mass is 9.82. The monoisotopic (exact) mass is 1120 g/mol. The maximum Gasteiger partial charge on any atom is 0.159 e. The van der Waals surface area contributed by atoms with Crippen molar-refractivity contribution in [1.82, 2.24) is 0 Å². The van der Waals surface area contributed by atoms with Crippen molar-refractivity contribution < 1.29 is 9.52 Å². The number of rotatable bonds is 15. The average molecular weight is 1120 g/mol. The van der Waals surface area contributed by atoms with Crippen LogP contribution in [0, 0.1) is 0 Å². The van der Waals surface area contributed by atoms with Gasteiger partial charge in [0, 0.05) is 44.0 Å². The molecule has 4 heteroatoms. The molecule has 4 nitrogen and oxygen atoms in total. The van der Waals surface area contributed by atoms with E-state index in [2.05, 4.69) is 250 Å². The first-order valence-corrected chi connectivity index (χ1v) is 32.0. The highest BCUT2D eigenvalue weighted by molar-refractivity contribution is 6.30. The highest BCUT2D eigenvalue weighted by Gasteiger charge is 2.32.